The van der Waals surface area contributed by atoms with E-state index in [1.54, 1.807) is 0 Å². The van der Waals surface area contributed by atoms with Crippen LogP contribution in [0.3, 0.4) is 0 Å². The van der Waals surface area contributed by atoms with Crippen molar-refractivity contribution in [3.8, 4) is 0 Å². The molecule has 0 bridgehead atoms. The van der Waals surface area contributed by atoms with Crippen molar-refractivity contribution in [3.63, 3.8) is 0 Å². The van der Waals surface area contributed by atoms with E-state index in [0.717, 1.165) is 0 Å². The fraction of sp³-hybridized carbons (Fsp3) is 0.222. The maximum absolute atomic E-state index is 11.7. The summed E-state index contributed by atoms with van der Waals surface area (Å²) in [6, 6.07) is 4.38. The quantitative estimate of drug-likeness (QED) is 0.626. The van der Waals surface area contributed by atoms with Crippen LogP contribution in [0.15, 0.2) is 23.1 Å². The third-order valence-corrected chi connectivity index (χ3v) is 3.98. The van der Waals surface area contributed by atoms with Crippen molar-refractivity contribution < 1.29 is 13.2 Å². The smallest absolute Gasteiger partial charge is 0.225 e. The number of benzene rings is 1. The van der Waals surface area contributed by atoms with E-state index in [-0.39, 0.29) is 28.7 Å². The van der Waals surface area contributed by atoms with Crippen LogP contribution in [-0.2, 0) is 14.6 Å². The molecule has 3 N–H and O–H groups in total. The van der Waals surface area contributed by atoms with E-state index in [1.807, 2.05) is 0 Å². The van der Waals surface area contributed by atoms with Crippen LogP contribution in [0.5, 0.6) is 0 Å². The van der Waals surface area contributed by atoms with Gasteiger partial charge in [-0.2, -0.15) is 0 Å². The Balaban J connectivity index is 2.66. The summed E-state index contributed by atoms with van der Waals surface area (Å²) in [4.78, 5) is 11.4. The maximum Gasteiger partial charge on any atom is 0.225 e. The van der Waals surface area contributed by atoms with E-state index >= 15 is 0 Å². The Morgan fingerprint density at radius 1 is 1.33 bits per heavy atom. The molecule has 0 aliphatic carbocycles. The van der Waals surface area contributed by atoms with Crippen molar-refractivity contribution in [3.05, 3.63) is 18.2 Å². The van der Waals surface area contributed by atoms with E-state index in [2.05, 4.69) is 5.32 Å². The Hall–Kier alpha value is -1.56. The van der Waals surface area contributed by atoms with Gasteiger partial charge in [-0.25, -0.2) is 8.42 Å². The van der Waals surface area contributed by atoms with Gasteiger partial charge in [0.1, 0.15) is 0 Å². The Labute approximate surface area is 87.2 Å². The van der Waals surface area contributed by atoms with Gasteiger partial charge in [-0.05, 0) is 18.2 Å². The normalized spacial score (nSPS) is 18.8. The van der Waals surface area contributed by atoms with Gasteiger partial charge >= 0.3 is 0 Å². The highest BCUT2D eigenvalue weighted by Gasteiger charge is 2.24. The van der Waals surface area contributed by atoms with Crippen molar-refractivity contribution in [2.24, 2.45) is 0 Å². The second-order valence-corrected chi connectivity index (χ2v) is 5.45. The number of hydrogen-bond acceptors (Lipinski definition) is 4. The first kappa shape index (κ1) is 9.97. The Morgan fingerprint density at radius 3 is 2.80 bits per heavy atom. The van der Waals surface area contributed by atoms with Crippen LogP contribution in [0.1, 0.15) is 6.42 Å². The lowest BCUT2D eigenvalue weighted by Gasteiger charge is -2.06. The first-order valence-electron chi connectivity index (χ1n) is 4.41. The van der Waals surface area contributed by atoms with Gasteiger partial charge < -0.3 is 11.1 Å². The molecule has 0 unspecified atom stereocenters. The summed E-state index contributed by atoms with van der Waals surface area (Å²) in [6.45, 7) is 0. The van der Waals surface area contributed by atoms with Crippen molar-refractivity contribution in [1.82, 2.24) is 0 Å². The lowest BCUT2D eigenvalue weighted by atomic mass is 10.3. The van der Waals surface area contributed by atoms with Gasteiger partial charge in [-0.15, -0.1) is 0 Å². The molecule has 0 saturated carbocycles. The Bertz CT molecular complexity index is 522. The number of hydrogen-bond donors (Lipinski definition) is 2. The molecule has 1 aliphatic heterocycles. The van der Waals surface area contributed by atoms with Crippen LogP contribution in [0.25, 0.3) is 0 Å². The molecule has 80 valence electrons. The molecule has 1 amide bonds. The number of nitrogens with two attached hydrogens (primary N) is 1. The number of carbonyl (C=O) groups excluding carboxylic acids is 1. The predicted molar refractivity (Wildman–Crippen MR) is 56.2 cm³/mol. The maximum atomic E-state index is 11.7. The number of sulfone groups is 1. The van der Waals surface area contributed by atoms with Crippen LogP contribution >= 0.6 is 0 Å². The van der Waals surface area contributed by atoms with Crippen LogP contribution in [0.4, 0.5) is 11.4 Å². The second-order valence-electron chi connectivity index (χ2n) is 3.37. The van der Waals surface area contributed by atoms with Crippen LogP contribution in [-0.4, -0.2) is 20.1 Å². The largest absolute Gasteiger partial charge is 0.399 e. The number of nitrogens with one attached hydrogen (secondary N) is 1. The molecule has 0 radical (unpaired) electrons. The highest BCUT2D eigenvalue weighted by molar-refractivity contribution is 7.91. The summed E-state index contributed by atoms with van der Waals surface area (Å²) >= 11 is 0. The third kappa shape index (κ3) is 1.80. The minimum atomic E-state index is -3.37. The lowest BCUT2D eigenvalue weighted by molar-refractivity contribution is -0.115. The lowest BCUT2D eigenvalue weighted by Crippen LogP contribution is -2.11. The SMILES string of the molecule is Nc1ccc2c(c1)NC(=O)CCS2(=O)=O. The molecule has 0 aromatic heterocycles. The summed E-state index contributed by atoms with van der Waals surface area (Å²) in [5.41, 5.74) is 6.22. The van der Waals surface area contributed by atoms with Gasteiger partial charge in [-0.1, -0.05) is 0 Å². The summed E-state index contributed by atoms with van der Waals surface area (Å²) in [7, 11) is -3.37. The summed E-state index contributed by atoms with van der Waals surface area (Å²) < 4.78 is 23.4. The van der Waals surface area contributed by atoms with E-state index in [0.29, 0.717) is 5.69 Å². The number of anilines is 2. The molecule has 0 spiro atoms. The average molecular weight is 226 g/mol. The Kier molecular flexibility index (Phi) is 2.15. The zero-order valence-corrected chi connectivity index (χ0v) is 8.67. The molecule has 1 aromatic carbocycles. The van der Waals surface area contributed by atoms with Crippen molar-refractivity contribution in [2.45, 2.75) is 11.3 Å². The zero-order valence-electron chi connectivity index (χ0n) is 7.86. The van der Waals surface area contributed by atoms with Crippen LogP contribution < -0.4 is 11.1 Å². The average Bonchev–Trinajstić information content (AvgIpc) is 2.24. The third-order valence-electron chi connectivity index (χ3n) is 2.21. The summed E-state index contributed by atoms with van der Waals surface area (Å²) in [6.07, 6.45) is -0.0169. The van der Waals surface area contributed by atoms with Gasteiger partial charge in [0.05, 0.1) is 16.3 Å². The Morgan fingerprint density at radius 2 is 2.07 bits per heavy atom. The molecule has 2 rings (SSSR count). The van der Waals surface area contributed by atoms with Crippen LogP contribution in [0.2, 0.25) is 0 Å². The molecule has 1 aromatic rings. The van der Waals surface area contributed by atoms with E-state index in [9.17, 15) is 13.2 Å². The first-order valence-corrected chi connectivity index (χ1v) is 6.06. The summed E-state index contributed by atoms with van der Waals surface area (Å²) in [5.74, 6) is -0.460. The van der Waals surface area contributed by atoms with E-state index in [4.69, 9.17) is 5.73 Å². The van der Waals surface area contributed by atoms with E-state index < -0.39 is 9.84 Å². The molecular weight excluding hydrogens is 216 g/mol. The highest BCUT2D eigenvalue weighted by Crippen LogP contribution is 2.27. The van der Waals surface area contributed by atoms with Crippen molar-refractivity contribution in [1.29, 1.82) is 0 Å². The molecular formula is C9H10N2O3S. The minimum absolute atomic E-state index is 0.0169. The van der Waals surface area contributed by atoms with Gasteiger partial charge in [0.25, 0.3) is 0 Å². The predicted octanol–water partition coefficient (Wildman–Crippen LogP) is 0.385. The number of rotatable bonds is 0. The second kappa shape index (κ2) is 3.23. The van der Waals surface area contributed by atoms with E-state index in [1.165, 1.54) is 18.2 Å². The standard InChI is InChI=1S/C9H10N2O3S/c10-6-1-2-8-7(5-6)11-9(12)3-4-15(8,13)14/h1-2,5H,3-4,10H2,(H,11,12). The van der Waals surface area contributed by atoms with Crippen molar-refractivity contribution in [2.75, 3.05) is 16.8 Å². The molecule has 1 heterocycles. The number of nitrogen functional groups attached to an aromatic ring is 1. The highest BCUT2D eigenvalue weighted by atomic mass is 32.2. The molecule has 15 heavy (non-hydrogen) atoms. The fourth-order valence-corrected chi connectivity index (χ4v) is 2.86. The molecule has 5 nitrogen and oxygen atoms in total. The topological polar surface area (TPSA) is 89.3 Å². The van der Waals surface area contributed by atoms with Gasteiger partial charge in [0.15, 0.2) is 9.84 Å². The fourth-order valence-electron chi connectivity index (χ4n) is 1.47. The first-order chi connectivity index (χ1) is 6.99. The van der Waals surface area contributed by atoms with Crippen molar-refractivity contribution >= 4 is 27.1 Å². The summed E-state index contributed by atoms with van der Waals surface area (Å²) in [5, 5.41) is 2.52. The number of amides is 1. The molecule has 0 fully saturated rings. The number of fused-ring (bicyclic) bond motifs is 1. The number of carbonyl (C=O) groups is 1. The van der Waals surface area contributed by atoms with Crippen LogP contribution in [0, 0.1) is 0 Å². The molecule has 0 atom stereocenters. The molecule has 0 saturated heterocycles. The monoisotopic (exact) mass is 226 g/mol. The van der Waals surface area contributed by atoms with Gasteiger partial charge in [0, 0.05) is 12.1 Å². The molecule has 6 heteroatoms. The minimum Gasteiger partial charge on any atom is -0.399 e. The zero-order chi connectivity index (χ0) is 11.1. The van der Waals surface area contributed by atoms with Gasteiger partial charge in [0.2, 0.25) is 5.91 Å². The molecule has 1 aliphatic rings. The van der Waals surface area contributed by atoms with Gasteiger partial charge in [-0.3, -0.25) is 4.79 Å².